The molecule has 0 radical (unpaired) electrons. The van der Waals surface area contributed by atoms with Crippen LogP contribution in [0.15, 0.2) is 64.2 Å². The molecule has 0 fully saturated rings. The van der Waals surface area contributed by atoms with E-state index in [1.165, 1.54) is 9.13 Å². The van der Waals surface area contributed by atoms with Crippen LogP contribution in [-0.2, 0) is 46.9 Å². The van der Waals surface area contributed by atoms with Crippen LogP contribution in [0.5, 0.6) is 0 Å². The average Bonchev–Trinajstić information content (AvgIpc) is 3.51. The molecule has 14 nitrogen and oxygen atoms in total. The van der Waals surface area contributed by atoms with Crippen molar-refractivity contribution < 1.29 is 24.6 Å². The summed E-state index contributed by atoms with van der Waals surface area (Å²) in [6, 6.07) is 15.4. The van der Waals surface area contributed by atoms with E-state index in [1.807, 2.05) is 48.7 Å². The maximum Gasteiger partial charge on any atom is 0.332 e. The summed E-state index contributed by atoms with van der Waals surface area (Å²) < 4.78 is 4.61. The number of fused-ring (bicyclic) bond motifs is 1. The highest BCUT2D eigenvalue weighted by Crippen LogP contribution is 2.20. The highest BCUT2D eigenvalue weighted by Gasteiger charge is 2.25. The molecule has 0 saturated heterocycles. The molecule has 2 heterocycles. The van der Waals surface area contributed by atoms with Gasteiger partial charge in [-0.25, -0.2) is 9.78 Å². The number of carboxylic acid groups (broad SMARTS) is 1. The third kappa shape index (κ3) is 11.6. The quantitative estimate of drug-likeness (QED) is 0.0486. The number of carbonyl (C=O) groups excluding carboxylic acids is 2. The van der Waals surface area contributed by atoms with E-state index >= 15 is 0 Å². The predicted octanol–water partition coefficient (Wildman–Crippen LogP) is 3.35. The highest BCUT2D eigenvalue weighted by atomic mass is 32.1. The molecule has 0 aliphatic carbocycles. The van der Waals surface area contributed by atoms with Crippen LogP contribution in [0, 0.1) is 0 Å². The van der Waals surface area contributed by atoms with Crippen molar-refractivity contribution in [3.8, 4) is 0 Å². The van der Waals surface area contributed by atoms with Crippen LogP contribution in [0.1, 0.15) is 75.7 Å². The fourth-order valence-corrected chi connectivity index (χ4v) is 6.48. The van der Waals surface area contributed by atoms with Gasteiger partial charge in [0.2, 0.25) is 11.8 Å². The number of hydrogen-bond acceptors (Lipinski definition) is 9. The second kappa shape index (κ2) is 21.2. The number of aliphatic hydroxyl groups excluding tert-OH is 1. The topological polar surface area (TPSA) is 190 Å². The normalized spacial score (nSPS) is 12.4. The Morgan fingerprint density at radius 1 is 0.907 bits per heavy atom. The fourth-order valence-electron chi connectivity index (χ4n) is 6.25. The number of unbranched alkanes of at least 4 members (excludes halogenated alkanes) is 2. The minimum Gasteiger partial charge on any atom is -0.481 e. The van der Waals surface area contributed by atoms with Crippen LogP contribution in [-0.4, -0.2) is 77.7 Å². The molecular formula is C39H53N7O7S. The van der Waals surface area contributed by atoms with Gasteiger partial charge in [-0.3, -0.25) is 28.3 Å². The smallest absolute Gasteiger partial charge is 0.332 e. The SMILES string of the molecule is CCCn1c(=O)c2c(nc(Cc3ccccc3)n2CCNCC(O)CC)n(CCc2ccccc2NC(=O)C(CC(=O)O)NC(=O)CCCCCS)c1=O. The Hall–Kier alpha value is -4.73. The first-order chi connectivity index (χ1) is 26.1. The number of carbonyl (C=O) groups is 3. The summed E-state index contributed by atoms with van der Waals surface area (Å²) in [5.74, 6) is -0.988. The summed E-state index contributed by atoms with van der Waals surface area (Å²) in [4.78, 5) is 70.6. The van der Waals surface area contributed by atoms with Crippen molar-refractivity contribution in [2.45, 2.75) is 103 Å². The molecule has 0 spiro atoms. The summed E-state index contributed by atoms with van der Waals surface area (Å²) >= 11 is 4.18. The molecule has 54 heavy (non-hydrogen) atoms. The molecular weight excluding hydrogens is 711 g/mol. The molecule has 0 aliphatic heterocycles. The van der Waals surface area contributed by atoms with Crippen LogP contribution in [0.4, 0.5) is 5.69 Å². The van der Waals surface area contributed by atoms with E-state index in [-0.39, 0.29) is 31.6 Å². The summed E-state index contributed by atoms with van der Waals surface area (Å²) in [6.07, 6.45) is 3.17. The molecule has 4 aromatic rings. The predicted molar refractivity (Wildman–Crippen MR) is 212 cm³/mol. The number of aliphatic hydroxyl groups is 1. The summed E-state index contributed by atoms with van der Waals surface area (Å²) in [5, 5.41) is 28.2. The number of imidazole rings is 1. The standard InChI is InChI=1S/C39H53N7O7S/c1-3-20-46-38(52)35-36(43-32(24-27-13-7-5-8-14-27)44(35)22-19-40-26-29(47)4-2)45(39(46)53)21-18-28-15-10-11-16-30(28)42-37(51)31(25-34(49)50)41-33(48)17-9-6-12-23-54/h5,7-8,10-11,13-16,29,31,40,47,54H,3-4,6,9,12,17-26H2,1-2H3,(H,41,48)(H,42,51)(H,49,50). The van der Waals surface area contributed by atoms with Gasteiger partial charge in [0.05, 0.1) is 12.5 Å². The number of aliphatic carboxylic acids is 1. The molecule has 0 saturated carbocycles. The fraction of sp³-hybridized carbons (Fsp3) is 0.487. The van der Waals surface area contributed by atoms with Gasteiger partial charge in [-0.05, 0) is 55.1 Å². The Morgan fingerprint density at radius 2 is 1.65 bits per heavy atom. The van der Waals surface area contributed by atoms with Gasteiger partial charge < -0.3 is 30.7 Å². The second-order valence-electron chi connectivity index (χ2n) is 13.3. The minimum absolute atomic E-state index is 0.122. The lowest BCUT2D eigenvalue weighted by Crippen LogP contribution is -2.45. The number of anilines is 1. The molecule has 15 heteroatoms. The first-order valence-corrected chi connectivity index (χ1v) is 19.4. The third-order valence-corrected chi connectivity index (χ3v) is 9.50. The molecule has 2 aromatic carbocycles. The molecule has 2 atom stereocenters. The number of rotatable bonds is 23. The second-order valence-corrected chi connectivity index (χ2v) is 13.8. The van der Waals surface area contributed by atoms with Crippen LogP contribution in [0.3, 0.4) is 0 Å². The van der Waals surface area contributed by atoms with Crippen LogP contribution >= 0.6 is 12.6 Å². The van der Waals surface area contributed by atoms with Crippen LogP contribution < -0.4 is 27.2 Å². The monoisotopic (exact) mass is 763 g/mol. The lowest BCUT2D eigenvalue weighted by Gasteiger charge is -2.19. The number of carboxylic acids is 1. The number of hydrogen-bond donors (Lipinski definition) is 6. The number of aromatic nitrogens is 4. The number of para-hydroxylation sites is 1. The summed E-state index contributed by atoms with van der Waals surface area (Å²) in [7, 11) is 0. The zero-order valence-corrected chi connectivity index (χ0v) is 32.0. The van der Waals surface area contributed by atoms with Crippen molar-refractivity contribution in [2.24, 2.45) is 0 Å². The number of aryl methyl sites for hydroxylation is 2. The van der Waals surface area contributed by atoms with Crippen molar-refractivity contribution >= 4 is 47.3 Å². The number of amides is 2. The number of benzene rings is 2. The Morgan fingerprint density at radius 3 is 2.35 bits per heavy atom. The van der Waals surface area contributed by atoms with Crippen molar-refractivity contribution in [1.29, 1.82) is 0 Å². The first kappa shape index (κ1) is 42.0. The molecule has 5 N–H and O–H groups in total. The minimum atomic E-state index is -1.29. The lowest BCUT2D eigenvalue weighted by atomic mass is 10.1. The van der Waals surface area contributed by atoms with Gasteiger partial charge in [0.1, 0.15) is 11.9 Å². The summed E-state index contributed by atoms with van der Waals surface area (Å²) in [6.45, 7) is 5.38. The van der Waals surface area contributed by atoms with E-state index < -0.39 is 47.6 Å². The van der Waals surface area contributed by atoms with Crippen LogP contribution in [0.25, 0.3) is 11.2 Å². The van der Waals surface area contributed by atoms with E-state index in [2.05, 4.69) is 28.6 Å². The van der Waals surface area contributed by atoms with E-state index in [1.54, 1.807) is 24.3 Å². The van der Waals surface area contributed by atoms with Gasteiger partial charge in [0.15, 0.2) is 11.2 Å². The maximum atomic E-state index is 14.0. The average molecular weight is 764 g/mol. The van der Waals surface area contributed by atoms with E-state index in [0.29, 0.717) is 73.7 Å². The van der Waals surface area contributed by atoms with Crippen molar-refractivity contribution in [3.05, 3.63) is 92.4 Å². The zero-order chi connectivity index (χ0) is 39.0. The molecule has 2 amide bonds. The molecule has 2 aromatic heterocycles. The lowest BCUT2D eigenvalue weighted by molar-refractivity contribution is -0.139. The maximum absolute atomic E-state index is 14.0. The molecule has 292 valence electrons. The van der Waals surface area contributed by atoms with Crippen molar-refractivity contribution in [1.82, 2.24) is 29.3 Å². The Labute approximate surface area is 320 Å². The van der Waals surface area contributed by atoms with E-state index in [4.69, 9.17) is 4.98 Å². The van der Waals surface area contributed by atoms with Gasteiger partial charge in [0, 0.05) is 51.3 Å². The number of nitrogens with zero attached hydrogens (tertiary/aromatic N) is 4. The van der Waals surface area contributed by atoms with E-state index in [9.17, 15) is 34.2 Å². The van der Waals surface area contributed by atoms with Gasteiger partial charge in [-0.1, -0.05) is 68.8 Å². The van der Waals surface area contributed by atoms with Gasteiger partial charge >= 0.3 is 11.7 Å². The van der Waals surface area contributed by atoms with E-state index in [0.717, 1.165) is 18.4 Å². The van der Waals surface area contributed by atoms with Crippen molar-refractivity contribution in [3.63, 3.8) is 0 Å². The number of thiol groups is 1. The third-order valence-electron chi connectivity index (χ3n) is 9.18. The van der Waals surface area contributed by atoms with Crippen LogP contribution in [0.2, 0.25) is 0 Å². The van der Waals surface area contributed by atoms with Gasteiger partial charge in [-0.15, -0.1) is 0 Å². The zero-order valence-electron chi connectivity index (χ0n) is 31.1. The Kier molecular flexibility index (Phi) is 16.5. The summed E-state index contributed by atoms with van der Waals surface area (Å²) in [5.41, 5.74) is 1.71. The molecule has 0 bridgehead atoms. The van der Waals surface area contributed by atoms with Crippen molar-refractivity contribution in [2.75, 3.05) is 24.2 Å². The molecule has 0 aliphatic rings. The highest BCUT2D eigenvalue weighted by molar-refractivity contribution is 7.80. The van der Waals surface area contributed by atoms with Gasteiger partial charge in [0.25, 0.3) is 5.56 Å². The molecule has 4 rings (SSSR count). The number of nitrogens with one attached hydrogen (secondary N) is 3. The van der Waals surface area contributed by atoms with Gasteiger partial charge in [-0.2, -0.15) is 12.6 Å². The Balaban J connectivity index is 1.66. The Bertz CT molecular complexity index is 1980. The largest absolute Gasteiger partial charge is 0.481 e. The molecule has 2 unspecified atom stereocenters. The first-order valence-electron chi connectivity index (χ1n) is 18.7.